The third kappa shape index (κ3) is 5.06. The van der Waals surface area contributed by atoms with Crippen molar-refractivity contribution in [1.82, 2.24) is 9.97 Å². The zero-order valence-electron chi connectivity index (χ0n) is 15.3. The van der Waals surface area contributed by atoms with Crippen LogP contribution in [0.2, 0.25) is 5.02 Å². The van der Waals surface area contributed by atoms with Gasteiger partial charge in [-0.15, -0.1) is 11.3 Å². The van der Waals surface area contributed by atoms with Gasteiger partial charge in [0, 0.05) is 23.7 Å². The molecule has 142 valence electrons. The first-order chi connectivity index (χ1) is 13.4. The van der Waals surface area contributed by atoms with Gasteiger partial charge in [0.25, 0.3) is 5.91 Å². The number of halogens is 1. The molecule has 2 heterocycles. The molecule has 0 aliphatic rings. The molecule has 1 N–H and O–H groups in total. The van der Waals surface area contributed by atoms with E-state index >= 15 is 0 Å². The summed E-state index contributed by atoms with van der Waals surface area (Å²) in [6.07, 6.45) is 3.76. The largest absolute Gasteiger partial charge is 0.474 e. The van der Waals surface area contributed by atoms with E-state index in [0.717, 1.165) is 10.4 Å². The molecule has 0 spiro atoms. The van der Waals surface area contributed by atoms with Crippen molar-refractivity contribution < 1.29 is 9.53 Å². The minimum Gasteiger partial charge on any atom is -0.474 e. The number of ether oxygens (including phenoxy) is 1. The first-order valence-electron chi connectivity index (χ1n) is 8.52. The number of nitrogens with zero attached hydrogens (tertiary/aromatic N) is 3. The van der Waals surface area contributed by atoms with Crippen molar-refractivity contribution >= 4 is 34.0 Å². The van der Waals surface area contributed by atoms with Crippen molar-refractivity contribution in [3.8, 4) is 11.9 Å². The summed E-state index contributed by atoms with van der Waals surface area (Å²) in [6, 6.07) is 11.0. The van der Waals surface area contributed by atoms with Gasteiger partial charge in [-0.1, -0.05) is 23.7 Å². The van der Waals surface area contributed by atoms with Crippen LogP contribution in [-0.4, -0.2) is 22.0 Å². The maximum Gasteiger partial charge on any atom is 0.259 e. The fourth-order valence-electron chi connectivity index (χ4n) is 2.37. The second-order valence-corrected chi connectivity index (χ2v) is 7.77. The number of thiazole rings is 1. The van der Waals surface area contributed by atoms with Gasteiger partial charge in [-0.05, 0) is 37.6 Å². The second kappa shape index (κ2) is 8.83. The molecule has 0 bridgehead atoms. The molecule has 1 amide bonds. The van der Waals surface area contributed by atoms with Gasteiger partial charge in [0.05, 0.1) is 23.3 Å². The maximum absolute atomic E-state index is 12.4. The van der Waals surface area contributed by atoms with Crippen LogP contribution in [0.15, 0.2) is 42.7 Å². The summed E-state index contributed by atoms with van der Waals surface area (Å²) in [5.41, 5.74) is 2.01. The fourth-order valence-corrected chi connectivity index (χ4v) is 3.43. The number of rotatable bonds is 6. The van der Waals surface area contributed by atoms with Crippen LogP contribution in [0.4, 0.5) is 5.13 Å². The number of hydrogen-bond acceptors (Lipinski definition) is 6. The molecule has 0 aliphatic heterocycles. The number of amides is 1. The second-order valence-electron chi connectivity index (χ2n) is 6.25. The van der Waals surface area contributed by atoms with E-state index < -0.39 is 0 Å². The van der Waals surface area contributed by atoms with Crippen LogP contribution in [0.3, 0.4) is 0 Å². The maximum atomic E-state index is 12.4. The van der Waals surface area contributed by atoms with Gasteiger partial charge < -0.3 is 4.74 Å². The van der Waals surface area contributed by atoms with Crippen molar-refractivity contribution in [2.75, 3.05) is 5.32 Å². The van der Waals surface area contributed by atoms with E-state index in [0.29, 0.717) is 28.6 Å². The van der Waals surface area contributed by atoms with Crippen molar-refractivity contribution in [1.29, 1.82) is 5.26 Å². The summed E-state index contributed by atoms with van der Waals surface area (Å²) < 4.78 is 5.47. The highest BCUT2D eigenvalue weighted by atomic mass is 35.5. The van der Waals surface area contributed by atoms with Crippen molar-refractivity contribution in [3.63, 3.8) is 0 Å². The number of hydrogen-bond donors (Lipinski definition) is 1. The molecule has 0 saturated heterocycles. The SMILES string of the molecule is CC(C)Oc1ncc(C(=O)Nc2ncc(Cc3ccc(C#N)cc3)s2)cc1Cl. The summed E-state index contributed by atoms with van der Waals surface area (Å²) in [4.78, 5) is 21.8. The van der Waals surface area contributed by atoms with Crippen LogP contribution < -0.4 is 10.1 Å². The third-order valence-corrected chi connectivity index (χ3v) is 4.84. The van der Waals surface area contributed by atoms with E-state index in [2.05, 4.69) is 21.4 Å². The molecule has 6 nitrogen and oxygen atoms in total. The normalized spacial score (nSPS) is 10.5. The minimum atomic E-state index is -0.343. The third-order valence-electron chi connectivity index (χ3n) is 3.65. The Kier molecular flexibility index (Phi) is 6.24. The molecule has 0 fully saturated rings. The molecule has 28 heavy (non-hydrogen) atoms. The monoisotopic (exact) mass is 412 g/mol. The Bertz CT molecular complexity index is 1030. The molecule has 2 aromatic heterocycles. The zero-order chi connectivity index (χ0) is 20.1. The summed E-state index contributed by atoms with van der Waals surface area (Å²) in [5, 5.41) is 12.4. The Morgan fingerprint density at radius 2 is 2.04 bits per heavy atom. The Balaban J connectivity index is 1.65. The molecule has 3 aromatic rings. The molecule has 8 heteroatoms. The predicted molar refractivity (Wildman–Crippen MR) is 109 cm³/mol. The average molecular weight is 413 g/mol. The van der Waals surface area contributed by atoms with E-state index in [-0.39, 0.29) is 17.0 Å². The molecular formula is C20H17ClN4O2S. The van der Waals surface area contributed by atoms with Gasteiger partial charge in [0.15, 0.2) is 5.13 Å². The highest BCUT2D eigenvalue weighted by Crippen LogP contribution is 2.25. The molecular weight excluding hydrogens is 396 g/mol. The number of pyridine rings is 1. The number of carbonyl (C=O) groups excluding carboxylic acids is 1. The predicted octanol–water partition coefficient (Wildman–Crippen LogP) is 4.69. The molecule has 1 aromatic carbocycles. The van der Waals surface area contributed by atoms with Gasteiger partial charge in [-0.2, -0.15) is 5.26 Å². The smallest absolute Gasteiger partial charge is 0.259 e. The lowest BCUT2D eigenvalue weighted by atomic mass is 10.1. The quantitative estimate of drug-likeness (QED) is 0.634. The molecule has 3 rings (SSSR count). The standard InChI is InChI=1S/C20H17ClN4O2S/c1-12(2)27-19-17(21)8-15(10-23-19)18(26)25-20-24-11-16(28-20)7-13-3-5-14(9-22)6-4-13/h3-6,8,10-12H,7H2,1-2H3,(H,24,25,26). The van der Waals surface area contributed by atoms with Crippen LogP contribution >= 0.6 is 22.9 Å². The highest BCUT2D eigenvalue weighted by molar-refractivity contribution is 7.15. The average Bonchev–Trinajstić information content (AvgIpc) is 3.10. The first-order valence-corrected chi connectivity index (χ1v) is 9.71. The Morgan fingerprint density at radius 1 is 1.29 bits per heavy atom. The summed E-state index contributed by atoms with van der Waals surface area (Å²) in [6.45, 7) is 3.74. The number of aromatic nitrogens is 2. The van der Waals surface area contributed by atoms with E-state index in [1.807, 2.05) is 26.0 Å². The fraction of sp³-hybridized carbons (Fsp3) is 0.200. The van der Waals surface area contributed by atoms with Crippen LogP contribution in [0.25, 0.3) is 0 Å². The van der Waals surface area contributed by atoms with Crippen molar-refractivity contribution in [2.45, 2.75) is 26.4 Å². The lowest BCUT2D eigenvalue weighted by Gasteiger charge is -2.10. The van der Waals surface area contributed by atoms with Gasteiger partial charge in [0.2, 0.25) is 5.88 Å². The van der Waals surface area contributed by atoms with Gasteiger partial charge >= 0.3 is 0 Å². The van der Waals surface area contributed by atoms with Gasteiger partial charge in [0.1, 0.15) is 5.02 Å². The Morgan fingerprint density at radius 3 is 2.68 bits per heavy atom. The molecule has 0 atom stereocenters. The molecule has 0 saturated carbocycles. The highest BCUT2D eigenvalue weighted by Gasteiger charge is 2.14. The summed E-state index contributed by atoms with van der Waals surface area (Å²) >= 11 is 7.53. The van der Waals surface area contributed by atoms with Gasteiger partial charge in [-0.3, -0.25) is 10.1 Å². The topological polar surface area (TPSA) is 87.9 Å². The number of benzene rings is 1. The Hall–Kier alpha value is -2.95. The van der Waals surface area contributed by atoms with Crippen molar-refractivity contribution in [2.24, 2.45) is 0 Å². The number of carbonyl (C=O) groups is 1. The lowest BCUT2D eigenvalue weighted by Crippen LogP contribution is -2.13. The van der Waals surface area contributed by atoms with Crippen LogP contribution in [-0.2, 0) is 6.42 Å². The van der Waals surface area contributed by atoms with Crippen molar-refractivity contribution in [3.05, 3.63) is 69.3 Å². The minimum absolute atomic E-state index is 0.0606. The number of nitriles is 1. The summed E-state index contributed by atoms with van der Waals surface area (Å²) in [7, 11) is 0. The Labute approximate surface area is 171 Å². The van der Waals surface area contributed by atoms with E-state index in [9.17, 15) is 4.79 Å². The lowest BCUT2D eigenvalue weighted by molar-refractivity contribution is 0.102. The first kappa shape index (κ1) is 19.8. The van der Waals surface area contributed by atoms with Crippen LogP contribution in [0.1, 0.15) is 40.2 Å². The van der Waals surface area contributed by atoms with E-state index in [4.69, 9.17) is 21.6 Å². The van der Waals surface area contributed by atoms with E-state index in [1.165, 1.54) is 23.6 Å². The summed E-state index contributed by atoms with van der Waals surface area (Å²) in [5.74, 6) is -0.0445. The number of nitrogens with one attached hydrogen (secondary N) is 1. The zero-order valence-corrected chi connectivity index (χ0v) is 16.8. The van der Waals surface area contributed by atoms with Crippen LogP contribution in [0.5, 0.6) is 5.88 Å². The van der Waals surface area contributed by atoms with Crippen LogP contribution in [0, 0.1) is 11.3 Å². The molecule has 0 unspecified atom stereocenters. The van der Waals surface area contributed by atoms with E-state index in [1.54, 1.807) is 18.3 Å². The van der Waals surface area contributed by atoms with Gasteiger partial charge in [-0.25, -0.2) is 9.97 Å². The molecule has 0 radical (unpaired) electrons. The number of anilines is 1. The molecule has 0 aliphatic carbocycles.